The van der Waals surface area contributed by atoms with E-state index in [1.807, 2.05) is 32.9 Å². The topological polar surface area (TPSA) is 124 Å². The molecule has 7 heteroatoms. The van der Waals surface area contributed by atoms with Gasteiger partial charge in [-0.1, -0.05) is 32.1 Å². The molecule has 0 fully saturated rings. The lowest BCUT2D eigenvalue weighted by molar-refractivity contribution is -0.165. The maximum absolute atomic E-state index is 12.8. The molecule has 2 aliphatic rings. The summed E-state index contributed by atoms with van der Waals surface area (Å²) in [6.07, 6.45) is 4.54. The van der Waals surface area contributed by atoms with E-state index in [4.69, 9.17) is 9.84 Å². The smallest absolute Gasteiger partial charge is 0.311 e. The van der Waals surface area contributed by atoms with E-state index in [2.05, 4.69) is 13.0 Å². The predicted molar refractivity (Wildman–Crippen MR) is 116 cm³/mol. The second-order valence-electron chi connectivity index (χ2n) is 9.78. The highest BCUT2D eigenvalue weighted by atomic mass is 16.5. The van der Waals surface area contributed by atoms with Gasteiger partial charge in [-0.15, -0.1) is 0 Å². The Kier molecular flexibility index (Phi) is 8.86. The monoisotopic (exact) mass is 438 g/mol. The molecular weight excluding hydrogens is 400 g/mol. The maximum atomic E-state index is 12.8. The van der Waals surface area contributed by atoms with Gasteiger partial charge in [-0.05, 0) is 56.9 Å². The summed E-state index contributed by atoms with van der Waals surface area (Å²) in [6.45, 7) is 7.73. The molecule has 0 bridgehead atoms. The Labute approximate surface area is 184 Å². The lowest BCUT2D eigenvalue weighted by Crippen LogP contribution is -2.44. The number of carbonyl (C=O) groups excluding carboxylic acids is 1. The van der Waals surface area contributed by atoms with Crippen molar-refractivity contribution < 1.29 is 34.8 Å². The summed E-state index contributed by atoms with van der Waals surface area (Å²) in [6, 6.07) is 0. The Morgan fingerprint density at radius 1 is 1.26 bits per heavy atom. The van der Waals surface area contributed by atoms with Gasteiger partial charge in [0.25, 0.3) is 0 Å². The lowest BCUT2D eigenvalue weighted by atomic mass is 9.66. The van der Waals surface area contributed by atoms with Crippen molar-refractivity contribution in [2.75, 3.05) is 0 Å². The number of aliphatic hydroxyl groups is 3. The van der Waals surface area contributed by atoms with Crippen molar-refractivity contribution >= 4 is 11.9 Å². The second kappa shape index (κ2) is 10.7. The zero-order chi connectivity index (χ0) is 23.3. The number of aliphatic hydroxyl groups excluding tert-OH is 3. The van der Waals surface area contributed by atoms with Crippen molar-refractivity contribution in [1.82, 2.24) is 0 Å². The third-order valence-corrected chi connectivity index (χ3v) is 6.86. The summed E-state index contributed by atoms with van der Waals surface area (Å²) < 4.78 is 5.94. The van der Waals surface area contributed by atoms with Crippen LogP contribution in [-0.4, -0.2) is 56.8 Å². The first-order chi connectivity index (χ1) is 14.4. The maximum Gasteiger partial charge on any atom is 0.311 e. The van der Waals surface area contributed by atoms with Gasteiger partial charge in [0, 0.05) is 12.3 Å². The minimum Gasteiger partial charge on any atom is -0.481 e. The van der Waals surface area contributed by atoms with Gasteiger partial charge in [-0.3, -0.25) is 9.59 Å². The molecule has 31 heavy (non-hydrogen) atoms. The average Bonchev–Trinajstić information content (AvgIpc) is 2.66. The van der Waals surface area contributed by atoms with Crippen LogP contribution in [0.4, 0.5) is 0 Å². The van der Waals surface area contributed by atoms with Crippen LogP contribution in [0.25, 0.3) is 0 Å². The Morgan fingerprint density at radius 2 is 1.94 bits per heavy atom. The molecule has 2 rings (SSSR count). The molecule has 4 N–H and O–H groups in total. The summed E-state index contributed by atoms with van der Waals surface area (Å²) in [5.41, 5.74) is 0.350. The van der Waals surface area contributed by atoms with E-state index in [-0.39, 0.29) is 30.1 Å². The highest BCUT2D eigenvalue weighted by Crippen LogP contribution is 2.44. The van der Waals surface area contributed by atoms with Crippen molar-refractivity contribution in [3.05, 3.63) is 23.8 Å². The van der Waals surface area contributed by atoms with Crippen LogP contribution in [0.1, 0.15) is 66.2 Å². The van der Waals surface area contributed by atoms with Gasteiger partial charge in [0.15, 0.2) is 0 Å². The van der Waals surface area contributed by atoms with Crippen LogP contribution in [0.3, 0.4) is 0 Å². The Balaban J connectivity index is 2.12. The number of esters is 1. The van der Waals surface area contributed by atoms with Crippen LogP contribution in [0.5, 0.6) is 0 Å². The van der Waals surface area contributed by atoms with Gasteiger partial charge in [0.2, 0.25) is 0 Å². The van der Waals surface area contributed by atoms with E-state index >= 15 is 0 Å². The summed E-state index contributed by atoms with van der Waals surface area (Å²) in [5, 5.41) is 39.2. The summed E-state index contributed by atoms with van der Waals surface area (Å²) >= 11 is 0. The highest BCUT2D eigenvalue weighted by molar-refractivity contribution is 5.76. The summed E-state index contributed by atoms with van der Waals surface area (Å²) in [5.74, 6) is -1.16. The SMILES string of the molecule is CCC(C)(C)C(=O)O[C@H]1C[C@H](O)C=C2C=C[C@H](C)[C@H](CCC(O)C[C@@H](O)CC(=O)O)[C@H]21. The molecule has 0 radical (unpaired) electrons. The lowest BCUT2D eigenvalue weighted by Gasteiger charge is -2.43. The predicted octanol–water partition coefficient (Wildman–Crippen LogP) is 2.83. The number of carbonyl (C=O) groups is 2. The van der Waals surface area contributed by atoms with Gasteiger partial charge in [-0.2, -0.15) is 0 Å². The normalized spacial score (nSPS) is 30.2. The molecule has 2 aliphatic carbocycles. The van der Waals surface area contributed by atoms with Gasteiger partial charge in [0.1, 0.15) is 6.10 Å². The molecule has 0 aliphatic heterocycles. The number of fused-ring (bicyclic) bond motifs is 1. The third-order valence-electron chi connectivity index (χ3n) is 6.86. The van der Waals surface area contributed by atoms with Crippen LogP contribution in [0.2, 0.25) is 0 Å². The van der Waals surface area contributed by atoms with E-state index in [0.717, 1.165) is 5.57 Å². The molecule has 0 aromatic rings. The molecule has 0 aromatic carbocycles. The van der Waals surface area contributed by atoms with Crippen LogP contribution in [0, 0.1) is 23.2 Å². The quantitative estimate of drug-likeness (QED) is 0.387. The molecule has 7 atom stereocenters. The van der Waals surface area contributed by atoms with E-state index in [0.29, 0.717) is 25.7 Å². The van der Waals surface area contributed by atoms with E-state index < -0.39 is 42.2 Å². The van der Waals surface area contributed by atoms with Crippen LogP contribution >= 0.6 is 0 Å². The summed E-state index contributed by atoms with van der Waals surface area (Å²) in [7, 11) is 0. The van der Waals surface area contributed by atoms with Crippen LogP contribution < -0.4 is 0 Å². The Bertz CT molecular complexity index is 696. The number of rotatable bonds is 10. The number of allylic oxidation sites excluding steroid dienone is 2. The van der Waals surface area contributed by atoms with Crippen LogP contribution in [-0.2, 0) is 14.3 Å². The zero-order valence-corrected chi connectivity index (χ0v) is 19.0. The first kappa shape index (κ1) is 25.6. The standard InChI is InChI=1S/C24H38O7/c1-5-24(3,4)23(30)31-20-12-17(26)10-15-7-6-14(2)19(22(15)20)9-8-16(25)11-18(27)13-21(28)29/h6-7,10,14,16-20,22,25-27H,5,8-9,11-13H2,1-4H3,(H,28,29)/t14-,16?,17+,18+,19-,20-,22-/m0/s1. The first-order valence-electron chi connectivity index (χ1n) is 11.3. The number of hydrogen-bond donors (Lipinski definition) is 4. The number of aliphatic carboxylic acids is 1. The Hall–Kier alpha value is -1.70. The number of carboxylic acid groups (broad SMARTS) is 1. The number of carboxylic acids is 1. The molecule has 0 heterocycles. The molecule has 0 saturated heterocycles. The summed E-state index contributed by atoms with van der Waals surface area (Å²) in [4.78, 5) is 23.5. The van der Waals surface area contributed by atoms with E-state index in [1.165, 1.54) is 0 Å². The minimum absolute atomic E-state index is 0.0123. The third kappa shape index (κ3) is 6.89. The van der Waals surface area contributed by atoms with Gasteiger partial charge < -0.3 is 25.2 Å². The zero-order valence-electron chi connectivity index (χ0n) is 19.0. The highest BCUT2D eigenvalue weighted by Gasteiger charge is 2.43. The van der Waals surface area contributed by atoms with Crippen molar-refractivity contribution in [1.29, 1.82) is 0 Å². The molecular formula is C24H38O7. The fraction of sp³-hybridized carbons (Fsp3) is 0.750. The van der Waals surface area contributed by atoms with E-state index in [1.54, 1.807) is 0 Å². The van der Waals surface area contributed by atoms with Gasteiger partial charge in [0.05, 0.1) is 30.1 Å². The molecule has 7 nitrogen and oxygen atoms in total. The van der Waals surface area contributed by atoms with Gasteiger partial charge in [-0.25, -0.2) is 0 Å². The molecule has 0 saturated carbocycles. The molecule has 1 unspecified atom stereocenters. The molecule has 0 aromatic heterocycles. The minimum atomic E-state index is -1.10. The largest absolute Gasteiger partial charge is 0.481 e. The second-order valence-corrected chi connectivity index (χ2v) is 9.78. The number of hydrogen-bond acceptors (Lipinski definition) is 6. The molecule has 0 spiro atoms. The first-order valence-corrected chi connectivity index (χ1v) is 11.3. The molecule has 176 valence electrons. The van der Waals surface area contributed by atoms with Gasteiger partial charge >= 0.3 is 11.9 Å². The van der Waals surface area contributed by atoms with Crippen molar-refractivity contribution in [3.63, 3.8) is 0 Å². The van der Waals surface area contributed by atoms with Crippen molar-refractivity contribution in [2.24, 2.45) is 23.2 Å². The average molecular weight is 439 g/mol. The Morgan fingerprint density at radius 3 is 2.55 bits per heavy atom. The fourth-order valence-corrected chi connectivity index (χ4v) is 4.53. The number of ether oxygens (including phenoxy) is 1. The van der Waals surface area contributed by atoms with Crippen LogP contribution in [0.15, 0.2) is 23.8 Å². The van der Waals surface area contributed by atoms with Crippen molar-refractivity contribution in [3.8, 4) is 0 Å². The van der Waals surface area contributed by atoms with E-state index in [9.17, 15) is 24.9 Å². The van der Waals surface area contributed by atoms with Crippen molar-refractivity contribution in [2.45, 2.75) is 90.6 Å². The molecule has 0 amide bonds. The fourth-order valence-electron chi connectivity index (χ4n) is 4.53.